The summed E-state index contributed by atoms with van der Waals surface area (Å²) in [6.45, 7) is 3.13. The predicted octanol–water partition coefficient (Wildman–Crippen LogP) is 3.65. The molecule has 0 aliphatic heterocycles. The highest BCUT2D eigenvalue weighted by molar-refractivity contribution is 8.00. The van der Waals surface area contributed by atoms with Gasteiger partial charge in [-0.3, -0.25) is 19.7 Å². The molecule has 0 aromatic heterocycles. The number of hydrogen-bond donors (Lipinski definition) is 1. The average molecular weight is 404 g/mol. The van der Waals surface area contributed by atoms with E-state index in [-0.39, 0.29) is 5.69 Å². The summed E-state index contributed by atoms with van der Waals surface area (Å²) in [6, 6.07) is 12.6. The van der Waals surface area contributed by atoms with Gasteiger partial charge in [-0.1, -0.05) is 0 Å². The minimum Gasteiger partial charge on any atom is -0.497 e. The van der Waals surface area contributed by atoms with E-state index in [9.17, 15) is 19.7 Å². The van der Waals surface area contributed by atoms with E-state index in [0.29, 0.717) is 16.3 Å². The number of non-ortho nitro benzene ring substituents is 1. The fraction of sp³-hybridized carbons (Fsp3) is 0.263. The van der Waals surface area contributed by atoms with E-state index in [1.807, 2.05) is 0 Å². The molecule has 0 fully saturated rings. The van der Waals surface area contributed by atoms with Crippen LogP contribution in [0.2, 0.25) is 0 Å². The number of nitro benzene ring substituents is 1. The number of ether oxygens (including phenoxy) is 2. The Hall–Kier alpha value is -3.07. The van der Waals surface area contributed by atoms with Crippen LogP contribution >= 0.6 is 11.8 Å². The summed E-state index contributed by atoms with van der Waals surface area (Å²) in [7, 11) is 1.55. The van der Waals surface area contributed by atoms with Crippen LogP contribution in [0.4, 0.5) is 11.4 Å². The number of nitro groups is 1. The van der Waals surface area contributed by atoms with Crippen LogP contribution in [0.25, 0.3) is 0 Å². The van der Waals surface area contributed by atoms with Crippen molar-refractivity contribution in [2.45, 2.75) is 30.1 Å². The highest BCUT2D eigenvalue weighted by atomic mass is 32.2. The molecule has 0 unspecified atom stereocenters. The maximum atomic E-state index is 12.2. The molecule has 0 radical (unpaired) electrons. The summed E-state index contributed by atoms with van der Waals surface area (Å²) in [5.41, 5.74) is 0.533. The number of nitrogens with zero attached hydrogens (tertiary/aromatic N) is 1. The van der Waals surface area contributed by atoms with E-state index < -0.39 is 28.2 Å². The highest BCUT2D eigenvalue weighted by Crippen LogP contribution is 2.26. The van der Waals surface area contributed by atoms with Crippen molar-refractivity contribution in [2.75, 3.05) is 12.4 Å². The summed E-state index contributed by atoms with van der Waals surface area (Å²) in [4.78, 5) is 35.3. The largest absolute Gasteiger partial charge is 0.497 e. The lowest BCUT2D eigenvalue weighted by Gasteiger charge is -2.16. The number of amides is 1. The van der Waals surface area contributed by atoms with Gasteiger partial charge in [-0.2, -0.15) is 0 Å². The molecule has 2 atom stereocenters. The fourth-order valence-electron chi connectivity index (χ4n) is 2.14. The van der Waals surface area contributed by atoms with Gasteiger partial charge < -0.3 is 14.8 Å². The lowest BCUT2D eigenvalue weighted by Crippen LogP contribution is -2.32. The molecule has 0 spiro atoms. The molecule has 28 heavy (non-hydrogen) atoms. The molecule has 1 amide bonds. The topological polar surface area (TPSA) is 108 Å². The normalized spacial score (nSPS) is 12.5. The third kappa shape index (κ3) is 5.98. The number of rotatable bonds is 8. The second-order valence-corrected chi connectivity index (χ2v) is 7.22. The van der Waals surface area contributed by atoms with Gasteiger partial charge in [-0.25, -0.2) is 0 Å². The molecule has 0 aliphatic rings. The Morgan fingerprint density at radius 3 is 2.21 bits per heavy atom. The number of benzene rings is 2. The Morgan fingerprint density at radius 1 is 1.07 bits per heavy atom. The number of anilines is 1. The van der Waals surface area contributed by atoms with Crippen LogP contribution in [0, 0.1) is 10.1 Å². The molecular formula is C19H20N2O6S. The first-order chi connectivity index (χ1) is 13.3. The molecule has 0 heterocycles. The summed E-state index contributed by atoms with van der Waals surface area (Å²) in [5, 5.41) is 12.7. The number of hydrogen-bond acceptors (Lipinski definition) is 7. The van der Waals surface area contributed by atoms with E-state index in [1.165, 1.54) is 30.8 Å². The quantitative estimate of drug-likeness (QED) is 0.310. The first kappa shape index (κ1) is 21.2. The van der Waals surface area contributed by atoms with Gasteiger partial charge in [0.2, 0.25) is 0 Å². The van der Waals surface area contributed by atoms with Crippen molar-refractivity contribution in [3.63, 3.8) is 0 Å². The Bertz CT molecular complexity index is 839. The second-order valence-electron chi connectivity index (χ2n) is 5.81. The molecule has 0 saturated heterocycles. The lowest BCUT2D eigenvalue weighted by molar-refractivity contribution is -0.384. The zero-order chi connectivity index (χ0) is 20.7. The van der Waals surface area contributed by atoms with E-state index in [4.69, 9.17) is 9.47 Å². The maximum absolute atomic E-state index is 12.2. The van der Waals surface area contributed by atoms with Gasteiger partial charge >= 0.3 is 5.97 Å². The highest BCUT2D eigenvalue weighted by Gasteiger charge is 2.23. The Kier molecular flexibility index (Phi) is 7.39. The number of esters is 1. The molecule has 2 aromatic carbocycles. The van der Waals surface area contributed by atoms with Crippen LogP contribution in [-0.4, -0.2) is 35.3 Å². The van der Waals surface area contributed by atoms with Gasteiger partial charge in [0.1, 0.15) is 11.0 Å². The molecule has 148 valence electrons. The van der Waals surface area contributed by atoms with E-state index in [1.54, 1.807) is 50.4 Å². The van der Waals surface area contributed by atoms with Crippen molar-refractivity contribution in [3.8, 4) is 5.75 Å². The number of methoxy groups -OCH3 is 1. The number of nitrogens with one attached hydrogen (secondary N) is 1. The molecule has 0 aliphatic carbocycles. The molecule has 0 saturated carbocycles. The molecule has 2 rings (SSSR count). The summed E-state index contributed by atoms with van der Waals surface area (Å²) >= 11 is 1.19. The van der Waals surface area contributed by atoms with E-state index >= 15 is 0 Å². The molecular weight excluding hydrogens is 384 g/mol. The standard InChI is InChI=1S/C19H20N2O6S/c1-12(18(22)20-14-4-8-16(26-3)9-5-14)27-19(23)13(2)28-17-10-6-15(7-11-17)21(24)25/h4-13H,1-3H3,(H,20,22)/t12-,13-/m0/s1. The molecule has 9 heteroatoms. The van der Waals surface area contributed by atoms with Gasteiger partial charge in [0, 0.05) is 22.7 Å². The molecule has 1 N–H and O–H groups in total. The van der Waals surface area contributed by atoms with Crippen molar-refractivity contribution in [3.05, 3.63) is 58.6 Å². The Labute approximate surface area is 166 Å². The maximum Gasteiger partial charge on any atom is 0.319 e. The van der Waals surface area contributed by atoms with Crippen LogP contribution in [0.3, 0.4) is 0 Å². The van der Waals surface area contributed by atoms with E-state index in [0.717, 1.165) is 0 Å². The van der Waals surface area contributed by atoms with Crippen molar-refractivity contribution in [1.29, 1.82) is 0 Å². The third-order valence-corrected chi connectivity index (χ3v) is 4.80. The average Bonchev–Trinajstić information content (AvgIpc) is 2.68. The SMILES string of the molecule is COc1ccc(NC(=O)[C@H](C)OC(=O)[C@H](C)Sc2ccc([N+](=O)[O-])cc2)cc1. The number of thioether (sulfide) groups is 1. The van der Waals surface area contributed by atoms with E-state index in [2.05, 4.69) is 5.32 Å². The summed E-state index contributed by atoms with van der Waals surface area (Å²) in [6.07, 6.45) is -0.977. The van der Waals surface area contributed by atoms with Gasteiger partial charge in [0.05, 0.1) is 12.0 Å². The van der Waals surface area contributed by atoms with Crippen LogP contribution in [0.1, 0.15) is 13.8 Å². The number of carbonyl (C=O) groups is 2. The van der Waals surface area contributed by atoms with Gasteiger partial charge in [0.25, 0.3) is 11.6 Å². The second kappa shape index (κ2) is 9.75. The van der Waals surface area contributed by atoms with Crippen molar-refractivity contribution < 1.29 is 24.0 Å². The Morgan fingerprint density at radius 2 is 1.68 bits per heavy atom. The minimum atomic E-state index is -0.977. The van der Waals surface area contributed by atoms with Crippen LogP contribution in [0.15, 0.2) is 53.4 Å². The smallest absolute Gasteiger partial charge is 0.319 e. The van der Waals surface area contributed by atoms with Crippen molar-refractivity contribution in [1.82, 2.24) is 0 Å². The van der Waals surface area contributed by atoms with Gasteiger partial charge in [0.15, 0.2) is 6.10 Å². The van der Waals surface area contributed by atoms with Gasteiger partial charge in [-0.05, 0) is 50.2 Å². The molecule has 0 bridgehead atoms. The monoisotopic (exact) mass is 404 g/mol. The fourth-order valence-corrected chi connectivity index (χ4v) is 2.99. The molecule has 8 nitrogen and oxygen atoms in total. The minimum absolute atomic E-state index is 0.0246. The Balaban J connectivity index is 1.87. The van der Waals surface area contributed by atoms with Gasteiger partial charge in [-0.15, -0.1) is 11.8 Å². The van der Waals surface area contributed by atoms with Crippen LogP contribution in [-0.2, 0) is 14.3 Å². The number of carbonyl (C=O) groups excluding carboxylic acids is 2. The molecule has 2 aromatic rings. The zero-order valence-electron chi connectivity index (χ0n) is 15.6. The third-order valence-electron chi connectivity index (χ3n) is 3.71. The summed E-state index contributed by atoms with van der Waals surface area (Å²) in [5.74, 6) is -0.346. The zero-order valence-corrected chi connectivity index (χ0v) is 16.4. The summed E-state index contributed by atoms with van der Waals surface area (Å²) < 4.78 is 10.3. The van der Waals surface area contributed by atoms with Crippen LogP contribution < -0.4 is 10.1 Å². The predicted molar refractivity (Wildman–Crippen MR) is 106 cm³/mol. The van der Waals surface area contributed by atoms with Crippen LogP contribution in [0.5, 0.6) is 5.75 Å². The van der Waals surface area contributed by atoms with Crippen molar-refractivity contribution in [2.24, 2.45) is 0 Å². The van der Waals surface area contributed by atoms with Crippen molar-refractivity contribution >= 4 is 35.0 Å². The first-order valence-electron chi connectivity index (χ1n) is 8.36. The first-order valence-corrected chi connectivity index (χ1v) is 9.24. The lowest BCUT2D eigenvalue weighted by atomic mass is 10.3.